The Kier molecular flexibility index (Phi) is 4.44. The standard InChI is InChI=1S/C20H17FN6O/c1-27(2)16-8-7-14(11-23-16)24-20(28)15-9-10-22-19-17(15)25-18(26-19)12-3-5-13(21)6-4-12/h3-11H,1-2H3,(H,24,28)(H,22,25,26). The number of rotatable bonds is 4. The van der Waals surface area contributed by atoms with Crippen LogP contribution in [0, 0.1) is 5.82 Å². The van der Waals surface area contributed by atoms with Crippen molar-refractivity contribution < 1.29 is 9.18 Å². The number of hydrogen-bond acceptors (Lipinski definition) is 5. The van der Waals surface area contributed by atoms with E-state index in [9.17, 15) is 9.18 Å². The zero-order valence-corrected chi connectivity index (χ0v) is 15.3. The summed E-state index contributed by atoms with van der Waals surface area (Å²) in [5, 5.41) is 2.83. The molecule has 0 aliphatic carbocycles. The van der Waals surface area contributed by atoms with Crippen molar-refractivity contribution in [1.82, 2.24) is 19.9 Å². The lowest BCUT2D eigenvalue weighted by molar-refractivity contribution is 0.102. The van der Waals surface area contributed by atoms with Crippen LogP contribution in [0.2, 0.25) is 0 Å². The zero-order chi connectivity index (χ0) is 19.7. The Labute approximate surface area is 160 Å². The molecule has 0 aliphatic heterocycles. The Balaban J connectivity index is 1.64. The molecule has 1 amide bonds. The van der Waals surface area contributed by atoms with Gasteiger partial charge in [-0.25, -0.2) is 19.3 Å². The SMILES string of the molecule is CN(C)c1ccc(NC(=O)c2ccnc3nc(-c4ccc(F)cc4)[nH]c23)cn1. The first kappa shape index (κ1) is 17.6. The quantitative estimate of drug-likeness (QED) is 0.569. The minimum Gasteiger partial charge on any atom is -0.363 e. The molecular formula is C20H17FN6O. The molecule has 2 N–H and O–H groups in total. The van der Waals surface area contributed by atoms with E-state index in [1.54, 1.807) is 30.5 Å². The van der Waals surface area contributed by atoms with Gasteiger partial charge in [-0.1, -0.05) is 0 Å². The van der Waals surface area contributed by atoms with Crippen LogP contribution in [0.15, 0.2) is 54.9 Å². The summed E-state index contributed by atoms with van der Waals surface area (Å²) in [7, 11) is 3.79. The topological polar surface area (TPSA) is 86.8 Å². The number of fused-ring (bicyclic) bond motifs is 1. The van der Waals surface area contributed by atoms with Crippen molar-refractivity contribution >= 4 is 28.6 Å². The molecule has 0 saturated carbocycles. The second kappa shape index (κ2) is 7.07. The van der Waals surface area contributed by atoms with Gasteiger partial charge in [-0.05, 0) is 42.5 Å². The fourth-order valence-corrected chi connectivity index (χ4v) is 2.77. The number of anilines is 2. The molecule has 4 aromatic rings. The number of nitrogens with one attached hydrogen (secondary N) is 2. The number of pyridine rings is 2. The van der Waals surface area contributed by atoms with Gasteiger partial charge >= 0.3 is 0 Å². The number of aromatic amines is 1. The van der Waals surface area contributed by atoms with Crippen molar-refractivity contribution in [2.75, 3.05) is 24.3 Å². The van der Waals surface area contributed by atoms with E-state index in [-0.39, 0.29) is 11.7 Å². The molecule has 1 aromatic carbocycles. The van der Waals surface area contributed by atoms with Crippen LogP contribution in [0.3, 0.4) is 0 Å². The van der Waals surface area contributed by atoms with Crippen LogP contribution >= 0.6 is 0 Å². The van der Waals surface area contributed by atoms with Crippen LogP contribution in [0.5, 0.6) is 0 Å². The number of aromatic nitrogens is 4. The number of hydrogen-bond donors (Lipinski definition) is 2. The van der Waals surface area contributed by atoms with Gasteiger partial charge in [-0.2, -0.15) is 0 Å². The van der Waals surface area contributed by atoms with Crippen LogP contribution in [-0.2, 0) is 0 Å². The van der Waals surface area contributed by atoms with Gasteiger partial charge < -0.3 is 15.2 Å². The lowest BCUT2D eigenvalue weighted by atomic mass is 10.2. The van der Waals surface area contributed by atoms with Gasteiger partial charge in [0.05, 0.1) is 23.0 Å². The monoisotopic (exact) mass is 376 g/mol. The Bertz CT molecular complexity index is 1140. The average molecular weight is 376 g/mol. The third-order valence-corrected chi connectivity index (χ3v) is 4.22. The molecule has 0 spiro atoms. The normalized spacial score (nSPS) is 10.8. The summed E-state index contributed by atoms with van der Waals surface area (Å²) in [6, 6.07) is 11.2. The van der Waals surface area contributed by atoms with Crippen molar-refractivity contribution in [2.45, 2.75) is 0 Å². The first-order valence-corrected chi connectivity index (χ1v) is 8.56. The third kappa shape index (κ3) is 3.39. The van der Waals surface area contributed by atoms with Crippen LogP contribution < -0.4 is 10.2 Å². The van der Waals surface area contributed by atoms with E-state index >= 15 is 0 Å². The third-order valence-electron chi connectivity index (χ3n) is 4.22. The predicted molar refractivity (Wildman–Crippen MR) is 106 cm³/mol. The van der Waals surface area contributed by atoms with Crippen LogP contribution in [-0.4, -0.2) is 39.9 Å². The van der Waals surface area contributed by atoms with E-state index in [1.807, 2.05) is 25.1 Å². The molecule has 7 nitrogen and oxygen atoms in total. The highest BCUT2D eigenvalue weighted by molar-refractivity contribution is 6.11. The van der Waals surface area contributed by atoms with E-state index < -0.39 is 0 Å². The molecule has 28 heavy (non-hydrogen) atoms. The van der Waals surface area contributed by atoms with Crippen LogP contribution in [0.1, 0.15) is 10.4 Å². The summed E-state index contributed by atoms with van der Waals surface area (Å²) in [6.07, 6.45) is 3.13. The first-order chi connectivity index (χ1) is 13.5. The van der Waals surface area contributed by atoms with Gasteiger partial charge in [0, 0.05) is 25.9 Å². The van der Waals surface area contributed by atoms with Crippen molar-refractivity contribution in [3.8, 4) is 11.4 Å². The van der Waals surface area contributed by atoms with Gasteiger partial charge in [-0.15, -0.1) is 0 Å². The molecule has 4 rings (SSSR count). The molecule has 8 heteroatoms. The minimum absolute atomic E-state index is 0.305. The van der Waals surface area contributed by atoms with Gasteiger partial charge in [0.25, 0.3) is 5.91 Å². The minimum atomic E-state index is -0.327. The number of halogens is 1. The Morgan fingerprint density at radius 1 is 1.07 bits per heavy atom. The number of benzene rings is 1. The summed E-state index contributed by atoms with van der Waals surface area (Å²) in [5.74, 6) is 0.676. The summed E-state index contributed by atoms with van der Waals surface area (Å²) in [5.41, 5.74) is 2.61. The number of carbonyl (C=O) groups is 1. The second-order valence-corrected chi connectivity index (χ2v) is 6.40. The van der Waals surface area contributed by atoms with E-state index in [0.29, 0.717) is 33.8 Å². The molecular weight excluding hydrogens is 359 g/mol. The first-order valence-electron chi connectivity index (χ1n) is 8.56. The maximum atomic E-state index is 13.1. The van der Waals surface area contributed by atoms with E-state index in [4.69, 9.17) is 0 Å². The summed E-state index contributed by atoms with van der Waals surface area (Å²) in [4.78, 5) is 30.7. The predicted octanol–water partition coefficient (Wildman–Crippen LogP) is 3.48. The van der Waals surface area contributed by atoms with Crippen molar-refractivity contribution in [3.63, 3.8) is 0 Å². The number of nitrogens with zero attached hydrogens (tertiary/aromatic N) is 4. The van der Waals surface area contributed by atoms with E-state index in [2.05, 4.69) is 25.3 Å². The van der Waals surface area contributed by atoms with Gasteiger partial charge in [-0.3, -0.25) is 4.79 Å². The maximum absolute atomic E-state index is 13.1. The molecule has 0 bridgehead atoms. The molecule has 3 heterocycles. The smallest absolute Gasteiger partial charge is 0.258 e. The molecule has 0 saturated heterocycles. The van der Waals surface area contributed by atoms with Crippen molar-refractivity contribution in [2.24, 2.45) is 0 Å². The Morgan fingerprint density at radius 2 is 1.86 bits per heavy atom. The number of imidazole rings is 1. The molecule has 0 atom stereocenters. The molecule has 0 radical (unpaired) electrons. The van der Waals surface area contributed by atoms with Gasteiger partial charge in [0.15, 0.2) is 5.65 Å². The Morgan fingerprint density at radius 3 is 2.54 bits per heavy atom. The van der Waals surface area contributed by atoms with Crippen LogP contribution in [0.4, 0.5) is 15.9 Å². The molecule has 0 unspecified atom stereocenters. The summed E-state index contributed by atoms with van der Waals surface area (Å²) < 4.78 is 13.1. The lowest BCUT2D eigenvalue weighted by Gasteiger charge is -2.11. The largest absolute Gasteiger partial charge is 0.363 e. The lowest BCUT2D eigenvalue weighted by Crippen LogP contribution is -2.14. The fraction of sp³-hybridized carbons (Fsp3) is 0.100. The van der Waals surface area contributed by atoms with Gasteiger partial charge in [0.2, 0.25) is 0 Å². The highest BCUT2D eigenvalue weighted by Gasteiger charge is 2.15. The fourth-order valence-electron chi connectivity index (χ4n) is 2.77. The maximum Gasteiger partial charge on any atom is 0.258 e. The molecule has 3 aromatic heterocycles. The van der Waals surface area contributed by atoms with Crippen LogP contribution in [0.25, 0.3) is 22.6 Å². The van der Waals surface area contributed by atoms with Crippen molar-refractivity contribution in [3.05, 3.63) is 66.2 Å². The highest BCUT2D eigenvalue weighted by atomic mass is 19.1. The molecule has 0 aliphatic rings. The van der Waals surface area contributed by atoms with Crippen molar-refractivity contribution in [1.29, 1.82) is 0 Å². The summed E-state index contributed by atoms with van der Waals surface area (Å²) >= 11 is 0. The highest BCUT2D eigenvalue weighted by Crippen LogP contribution is 2.22. The molecule has 0 fully saturated rings. The van der Waals surface area contributed by atoms with Gasteiger partial charge in [0.1, 0.15) is 17.5 Å². The van der Waals surface area contributed by atoms with E-state index in [0.717, 1.165) is 5.82 Å². The van der Waals surface area contributed by atoms with E-state index in [1.165, 1.54) is 18.3 Å². The Hall–Kier alpha value is -3.81. The average Bonchev–Trinajstić information content (AvgIpc) is 3.13. The number of H-pyrrole nitrogens is 1. The number of amides is 1. The number of carbonyl (C=O) groups excluding carboxylic acids is 1. The second-order valence-electron chi connectivity index (χ2n) is 6.40. The zero-order valence-electron chi connectivity index (χ0n) is 15.3. The molecule has 140 valence electrons. The summed E-state index contributed by atoms with van der Waals surface area (Å²) in [6.45, 7) is 0.